The second kappa shape index (κ2) is 9.21. The van der Waals surface area contributed by atoms with Crippen molar-refractivity contribution in [3.63, 3.8) is 0 Å². The highest BCUT2D eigenvalue weighted by Gasteiger charge is 2.29. The SMILES string of the molecule is CCCCCCCOc1ccc2c(c1)CCC(C(N)(CO)CO)=C2. The minimum absolute atomic E-state index is 0.246. The van der Waals surface area contributed by atoms with E-state index in [9.17, 15) is 10.2 Å². The lowest BCUT2D eigenvalue weighted by molar-refractivity contribution is 0.143. The summed E-state index contributed by atoms with van der Waals surface area (Å²) >= 11 is 0. The maximum absolute atomic E-state index is 9.46. The lowest BCUT2D eigenvalue weighted by Gasteiger charge is -2.31. The smallest absolute Gasteiger partial charge is 0.119 e. The van der Waals surface area contributed by atoms with Crippen LogP contribution in [0.1, 0.15) is 56.6 Å². The quantitative estimate of drug-likeness (QED) is 0.575. The third kappa shape index (κ3) is 4.82. The minimum Gasteiger partial charge on any atom is -0.494 e. The highest BCUT2D eigenvalue weighted by Crippen LogP contribution is 2.31. The first-order valence-electron chi connectivity index (χ1n) is 9.10. The lowest BCUT2D eigenvalue weighted by Crippen LogP contribution is -2.49. The maximum atomic E-state index is 9.46. The van der Waals surface area contributed by atoms with E-state index in [2.05, 4.69) is 13.0 Å². The van der Waals surface area contributed by atoms with Crippen LogP contribution in [-0.2, 0) is 6.42 Å². The number of ether oxygens (including phenoxy) is 1. The van der Waals surface area contributed by atoms with E-state index in [1.807, 2.05) is 18.2 Å². The van der Waals surface area contributed by atoms with Crippen molar-refractivity contribution in [3.05, 3.63) is 34.9 Å². The Labute approximate surface area is 145 Å². The molecule has 0 saturated heterocycles. The highest BCUT2D eigenvalue weighted by molar-refractivity contribution is 5.63. The van der Waals surface area contributed by atoms with Gasteiger partial charge in [-0.25, -0.2) is 0 Å². The van der Waals surface area contributed by atoms with Crippen LogP contribution in [-0.4, -0.2) is 35.6 Å². The first-order valence-corrected chi connectivity index (χ1v) is 9.10. The number of aliphatic hydroxyl groups is 2. The van der Waals surface area contributed by atoms with E-state index in [-0.39, 0.29) is 13.2 Å². The first kappa shape index (κ1) is 19.0. The molecule has 1 aromatic carbocycles. The summed E-state index contributed by atoms with van der Waals surface area (Å²) in [5.74, 6) is 0.921. The van der Waals surface area contributed by atoms with Gasteiger partial charge in [0.1, 0.15) is 5.75 Å². The van der Waals surface area contributed by atoms with E-state index in [1.165, 1.54) is 31.2 Å². The summed E-state index contributed by atoms with van der Waals surface area (Å²) in [6, 6.07) is 6.13. The molecule has 1 aliphatic rings. The summed E-state index contributed by atoms with van der Waals surface area (Å²) < 4.78 is 5.86. The molecule has 0 atom stereocenters. The van der Waals surface area contributed by atoms with Gasteiger partial charge in [0.15, 0.2) is 0 Å². The number of fused-ring (bicyclic) bond motifs is 1. The molecule has 1 aromatic rings. The standard InChI is InChI=1S/C20H31NO3/c1-2-3-4-5-6-11-24-19-10-8-16-12-18(9-7-17(16)13-19)20(21,14-22)15-23/h8,10,12-13,22-23H,2-7,9,11,14-15,21H2,1H3. The van der Waals surface area contributed by atoms with Crippen LogP contribution in [0.25, 0.3) is 6.08 Å². The molecule has 4 heteroatoms. The van der Waals surface area contributed by atoms with Crippen LogP contribution in [0.2, 0.25) is 0 Å². The summed E-state index contributed by atoms with van der Waals surface area (Å²) in [6.07, 6.45) is 9.79. The van der Waals surface area contributed by atoms with E-state index in [4.69, 9.17) is 10.5 Å². The van der Waals surface area contributed by atoms with Gasteiger partial charge in [-0.2, -0.15) is 0 Å². The Morgan fingerprint density at radius 3 is 2.54 bits per heavy atom. The largest absolute Gasteiger partial charge is 0.494 e. The third-order valence-electron chi connectivity index (χ3n) is 4.83. The zero-order valence-electron chi connectivity index (χ0n) is 14.8. The van der Waals surface area contributed by atoms with E-state index >= 15 is 0 Å². The van der Waals surface area contributed by atoms with Crippen molar-refractivity contribution in [2.45, 2.75) is 57.4 Å². The Morgan fingerprint density at radius 2 is 1.83 bits per heavy atom. The summed E-state index contributed by atoms with van der Waals surface area (Å²) in [4.78, 5) is 0. The number of rotatable bonds is 10. The van der Waals surface area contributed by atoms with Gasteiger partial charge in [-0.05, 0) is 48.1 Å². The molecule has 0 radical (unpaired) electrons. The van der Waals surface area contributed by atoms with Crippen molar-refractivity contribution in [1.29, 1.82) is 0 Å². The van der Waals surface area contributed by atoms with Gasteiger partial charge in [-0.15, -0.1) is 0 Å². The van der Waals surface area contributed by atoms with Gasteiger partial charge >= 0.3 is 0 Å². The fourth-order valence-corrected chi connectivity index (χ4v) is 3.10. The van der Waals surface area contributed by atoms with Crippen molar-refractivity contribution >= 4 is 6.08 Å². The molecule has 0 heterocycles. The van der Waals surface area contributed by atoms with Crippen LogP contribution < -0.4 is 10.5 Å². The average Bonchev–Trinajstić information content (AvgIpc) is 2.63. The van der Waals surface area contributed by atoms with Gasteiger partial charge in [-0.1, -0.05) is 44.7 Å². The second-order valence-electron chi connectivity index (χ2n) is 6.77. The lowest BCUT2D eigenvalue weighted by atomic mass is 9.82. The van der Waals surface area contributed by atoms with Gasteiger partial charge < -0.3 is 20.7 Å². The molecule has 134 valence electrons. The second-order valence-corrected chi connectivity index (χ2v) is 6.77. The molecule has 0 unspecified atom stereocenters. The van der Waals surface area contributed by atoms with Gasteiger partial charge in [0.2, 0.25) is 0 Å². The van der Waals surface area contributed by atoms with E-state index < -0.39 is 5.54 Å². The Bertz CT molecular complexity index is 550. The molecular weight excluding hydrogens is 302 g/mol. The van der Waals surface area contributed by atoms with Crippen molar-refractivity contribution in [2.75, 3.05) is 19.8 Å². The molecular formula is C20H31NO3. The summed E-state index contributed by atoms with van der Waals surface area (Å²) in [5.41, 5.74) is 8.30. The molecule has 0 fully saturated rings. The summed E-state index contributed by atoms with van der Waals surface area (Å²) in [5, 5.41) is 18.9. The molecule has 0 aliphatic heterocycles. The highest BCUT2D eigenvalue weighted by atomic mass is 16.5. The minimum atomic E-state index is -1.02. The van der Waals surface area contributed by atoms with E-state index in [0.717, 1.165) is 42.8 Å². The zero-order valence-corrected chi connectivity index (χ0v) is 14.8. The van der Waals surface area contributed by atoms with Gasteiger partial charge in [0.05, 0.1) is 25.4 Å². The van der Waals surface area contributed by atoms with Crippen molar-refractivity contribution in [1.82, 2.24) is 0 Å². The molecule has 0 saturated carbocycles. The van der Waals surface area contributed by atoms with Crippen LogP contribution >= 0.6 is 0 Å². The fraction of sp³-hybridized carbons (Fsp3) is 0.600. The number of nitrogens with two attached hydrogens (primary N) is 1. The normalized spacial score (nSPS) is 14.2. The average molecular weight is 333 g/mol. The molecule has 0 aromatic heterocycles. The number of hydrogen-bond acceptors (Lipinski definition) is 4. The molecule has 4 nitrogen and oxygen atoms in total. The van der Waals surface area contributed by atoms with Gasteiger partial charge in [0, 0.05) is 0 Å². The van der Waals surface area contributed by atoms with Crippen molar-refractivity contribution < 1.29 is 14.9 Å². The van der Waals surface area contributed by atoms with Crippen LogP contribution in [0.3, 0.4) is 0 Å². The number of aliphatic hydroxyl groups excluding tert-OH is 2. The molecule has 0 spiro atoms. The van der Waals surface area contributed by atoms with Crippen LogP contribution in [0, 0.1) is 0 Å². The van der Waals surface area contributed by atoms with E-state index in [0.29, 0.717) is 0 Å². The monoisotopic (exact) mass is 333 g/mol. The number of aryl methyl sites for hydroxylation is 1. The number of unbranched alkanes of at least 4 members (excludes halogenated alkanes) is 4. The first-order chi connectivity index (χ1) is 11.6. The Hall–Kier alpha value is -1.36. The zero-order chi connectivity index (χ0) is 17.4. The Kier molecular flexibility index (Phi) is 7.28. The Morgan fingerprint density at radius 1 is 1.08 bits per heavy atom. The third-order valence-corrected chi connectivity index (χ3v) is 4.83. The summed E-state index contributed by atoms with van der Waals surface area (Å²) in [7, 11) is 0. The fourth-order valence-electron chi connectivity index (χ4n) is 3.10. The molecule has 0 amide bonds. The van der Waals surface area contributed by atoms with Crippen LogP contribution in [0.4, 0.5) is 0 Å². The number of benzene rings is 1. The predicted molar refractivity (Wildman–Crippen MR) is 98.1 cm³/mol. The molecule has 2 rings (SSSR count). The molecule has 4 N–H and O–H groups in total. The van der Waals surface area contributed by atoms with Crippen LogP contribution in [0.5, 0.6) is 5.75 Å². The van der Waals surface area contributed by atoms with E-state index in [1.54, 1.807) is 0 Å². The maximum Gasteiger partial charge on any atom is 0.119 e. The number of hydrogen-bond donors (Lipinski definition) is 3. The van der Waals surface area contributed by atoms with Gasteiger partial charge in [-0.3, -0.25) is 0 Å². The van der Waals surface area contributed by atoms with Gasteiger partial charge in [0.25, 0.3) is 0 Å². The summed E-state index contributed by atoms with van der Waals surface area (Å²) in [6.45, 7) is 2.50. The van der Waals surface area contributed by atoms with Crippen molar-refractivity contribution in [3.8, 4) is 5.75 Å². The topological polar surface area (TPSA) is 75.7 Å². The van der Waals surface area contributed by atoms with Crippen LogP contribution in [0.15, 0.2) is 23.8 Å². The molecule has 0 bridgehead atoms. The predicted octanol–water partition coefficient (Wildman–Crippen LogP) is 3.05. The Balaban J connectivity index is 1.95. The van der Waals surface area contributed by atoms with Crippen molar-refractivity contribution in [2.24, 2.45) is 5.73 Å². The molecule has 24 heavy (non-hydrogen) atoms. The molecule has 1 aliphatic carbocycles.